The number of rotatable bonds is 3. The SMILES string of the molecule is CC1CCC(O)(CNc2ccc(N)c3ccncc23)CC1. The van der Waals surface area contributed by atoms with E-state index >= 15 is 0 Å². The largest absolute Gasteiger partial charge is 0.398 e. The Morgan fingerprint density at radius 1 is 1.29 bits per heavy atom. The number of anilines is 2. The molecule has 2 aromatic rings. The molecule has 4 N–H and O–H groups in total. The molecule has 112 valence electrons. The number of nitrogen functional groups attached to an aromatic ring is 1. The zero-order valence-electron chi connectivity index (χ0n) is 12.5. The Balaban J connectivity index is 1.78. The maximum absolute atomic E-state index is 10.7. The second-order valence-corrected chi connectivity index (χ2v) is 6.38. The second kappa shape index (κ2) is 5.53. The Morgan fingerprint density at radius 2 is 2.05 bits per heavy atom. The van der Waals surface area contributed by atoms with Crippen LogP contribution in [0.4, 0.5) is 11.4 Å². The van der Waals surface area contributed by atoms with Gasteiger partial charge in [0.15, 0.2) is 0 Å². The molecule has 1 aliphatic rings. The average molecular weight is 285 g/mol. The van der Waals surface area contributed by atoms with Crippen LogP contribution in [0.5, 0.6) is 0 Å². The lowest BCUT2D eigenvalue weighted by Gasteiger charge is -2.35. The van der Waals surface area contributed by atoms with Crippen LogP contribution < -0.4 is 11.1 Å². The minimum Gasteiger partial charge on any atom is -0.398 e. The maximum Gasteiger partial charge on any atom is 0.0819 e. The molecule has 0 spiro atoms. The molecule has 1 saturated carbocycles. The normalized spacial score (nSPS) is 25.9. The summed E-state index contributed by atoms with van der Waals surface area (Å²) in [7, 11) is 0. The lowest BCUT2D eigenvalue weighted by molar-refractivity contribution is 0.00503. The van der Waals surface area contributed by atoms with Gasteiger partial charge < -0.3 is 16.2 Å². The van der Waals surface area contributed by atoms with Crippen LogP contribution in [0.15, 0.2) is 30.6 Å². The fourth-order valence-electron chi connectivity index (χ4n) is 3.10. The fourth-order valence-corrected chi connectivity index (χ4v) is 3.10. The van der Waals surface area contributed by atoms with Crippen LogP contribution in [0.25, 0.3) is 10.8 Å². The zero-order valence-corrected chi connectivity index (χ0v) is 12.5. The predicted octanol–water partition coefficient (Wildman–Crippen LogP) is 3.17. The summed E-state index contributed by atoms with van der Waals surface area (Å²) in [4.78, 5) is 4.18. The van der Waals surface area contributed by atoms with Crippen molar-refractivity contribution in [2.45, 2.75) is 38.2 Å². The summed E-state index contributed by atoms with van der Waals surface area (Å²) in [6.07, 6.45) is 7.50. The molecular weight excluding hydrogens is 262 g/mol. The van der Waals surface area contributed by atoms with Gasteiger partial charge in [-0.15, -0.1) is 0 Å². The summed E-state index contributed by atoms with van der Waals surface area (Å²) >= 11 is 0. The van der Waals surface area contributed by atoms with Gasteiger partial charge >= 0.3 is 0 Å². The van der Waals surface area contributed by atoms with Crippen molar-refractivity contribution in [3.63, 3.8) is 0 Å². The van der Waals surface area contributed by atoms with Crippen molar-refractivity contribution in [2.24, 2.45) is 5.92 Å². The standard InChI is InChI=1S/C17H23N3O/c1-12-4-7-17(21,8-5-12)11-20-16-3-2-15(18)13-6-9-19-10-14(13)16/h2-3,6,9-10,12,20-21H,4-5,7-8,11,18H2,1H3. The molecule has 0 radical (unpaired) electrons. The summed E-state index contributed by atoms with van der Waals surface area (Å²) in [6, 6.07) is 5.79. The van der Waals surface area contributed by atoms with Gasteiger partial charge in [-0.2, -0.15) is 0 Å². The van der Waals surface area contributed by atoms with Crippen molar-refractivity contribution in [1.29, 1.82) is 0 Å². The Kier molecular flexibility index (Phi) is 3.72. The summed E-state index contributed by atoms with van der Waals surface area (Å²) in [6.45, 7) is 2.83. The van der Waals surface area contributed by atoms with E-state index in [0.29, 0.717) is 6.54 Å². The van der Waals surface area contributed by atoms with E-state index in [1.807, 2.05) is 24.4 Å². The van der Waals surface area contributed by atoms with E-state index in [2.05, 4.69) is 17.2 Å². The van der Waals surface area contributed by atoms with Gasteiger partial charge in [-0.05, 0) is 49.8 Å². The van der Waals surface area contributed by atoms with E-state index in [0.717, 1.165) is 53.7 Å². The Bertz CT molecular complexity index is 633. The van der Waals surface area contributed by atoms with E-state index in [-0.39, 0.29) is 0 Å². The number of benzene rings is 1. The topological polar surface area (TPSA) is 71.2 Å². The highest BCUT2D eigenvalue weighted by molar-refractivity contribution is 6.00. The molecule has 0 saturated heterocycles. The highest BCUT2D eigenvalue weighted by Gasteiger charge is 2.31. The van der Waals surface area contributed by atoms with E-state index in [1.54, 1.807) is 6.20 Å². The number of hydrogen-bond donors (Lipinski definition) is 3. The minimum absolute atomic E-state index is 0.577. The summed E-state index contributed by atoms with van der Waals surface area (Å²) in [5.41, 5.74) is 7.14. The molecule has 1 aromatic carbocycles. The molecule has 3 rings (SSSR count). The number of nitrogens with zero attached hydrogens (tertiary/aromatic N) is 1. The van der Waals surface area contributed by atoms with Gasteiger partial charge in [0.05, 0.1) is 5.60 Å². The van der Waals surface area contributed by atoms with Crippen molar-refractivity contribution in [3.05, 3.63) is 30.6 Å². The van der Waals surface area contributed by atoms with Crippen LogP contribution in [0.1, 0.15) is 32.6 Å². The summed E-state index contributed by atoms with van der Waals surface area (Å²) in [5, 5.41) is 16.1. The minimum atomic E-state index is -0.595. The van der Waals surface area contributed by atoms with Gasteiger partial charge in [0.2, 0.25) is 0 Å². The van der Waals surface area contributed by atoms with Crippen LogP contribution >= 0.6 is 0 Å². The third-order valence-electron chi connectivity index (χ3n) is 4.66. The Hall–Kier alpha value is -1.81. The Morgan fingerprint density at radius 3 is 2.81 bits per heavy atom. The quantitative estimate of drug-likeness (QED) is 0.757. The van der Waals surface area contributed by atoms with Gasteiger partial charge in [-0.1, -0.05) is 6.92 Å². The zero-order chi connectivity index (χ0) is 14.9. The first-order chi connectivity index (χ1) is 10.1. The van der Waals surface area contributed by atoms with Gasteiger partial charge in [-0.25, -0.2) is 0 Å². The number of nitrogens with two attached hydrogens (primary N) is 1. The molecule has 4 nitrogen and oxygen atoms in total. The van der Waals surface area contributed by atoms with Crippen molar-refractivity contribution < 1.29 is 5.11 Å². The highest BCUT2D eigenvalue weighted by atomic mass is 16.3. The van der Waals surface area contributed by atoms with Crippen molar-refractivity contribution >= 4 is 22.1 Å². The van der Waals surface area contributed by atoms with E-state index < -0.39 is 5.60 Å². The van der Waals surface area contributed by atoms with E-state index in [4.69, 9.17) is 5.73 Å². The summed E-state index contributed by atoms with van der Waals surface area (Å²) < 4.78 is 0. The number of aromatic nitrogens is 1. The third-order valence-corrected chi connectivity index (χ3v) is 4.66. The first-order valence-corrected chi connectivity index (χ1v) is 7.66. The molecule has 0 aliphatic heterocycles. The molecule has 1 aromatic heterocycles. The van der Waals surface area contributed by atoms with Crippen molar-refractivity contribution in [1.82, 2.24) is 4.98 Å². The third kappa shape index (κ3) is 2.95. The Labute approximate surface area is 125 Å². The molecule has 4 heteroatoms. The molecule has 0 amide bonds. The first kappa shape index (κ1) is 14.1. The number of hydrogen-bond acceptors (Lipinski definition) is 4. The van der Waals surface area contributed by atoms with Crippen LogP contribution in [0.2, 0.25) is 0 Å². The van der Waals surface area contributed by atoms with Crippen molar-refractivity contribution in [2.75, 3.05) is 17.6 Å². The molecule has 0 bridgehead atoms. The number of pyridine rings is 1. The maximum atomic E-state index is 10.7. The molecule has 0 unspecified atom stereocenters. The van der Waals surface area contributed by atoms with Crippen LogP contribution in [0.3, 0.4) is 0 Å². The molecule has 0 atom stereocenters. The molecule has 1 heterocycles. The molecular formula is C17H23N3O. The highest BCUT2D eigenvalue weighted by Crippen LogP contribution is 2.33. The fraction of sp³-hybridized carbons (Fsp3) is 0.471. The molecule has 1 aliphatic carbocycles. The lowest BCUT2D eigenvalue weighted by atomic mass is 9.79. The van der Waals surface area contributed by atoms with Crippen LogP contribution in [0, 0.1) is 5.92 Å². The second-order valence-electron chi connectivity index (χ2n) is 6.38. The monoisotopic (exact) mass is 285 g/mol. The van der Waals surface area contributed by atoms with Crippen LogP contribution in [-0.4, -0.2) is 22.2 Å². The van der Waals surface area contributed by atoms with Crippen molar-refractivity contribution in [3.8, 4) is 0 Å². The molecule has 21 heavy (non-hydrogen) atoms. The van der Waals surface area contributed by atoms with Gasteiger partial charge in [0.25, 0.3) is 0 Å². The lowest BCUT2D eigenvalue weighted by Crippen LogP contribution is -2.40. The van der Waals surface area contributed by atoms with Gasteiger partial charge in [-0.3, -0.25) is 4.98 Å². The first-order valence-electron chi connectivity index (χ1n) is 7.66. The van der Waals surface area contributed by atoms with Gasteiger partial charge in [0, 0.05) is 41.1 Å². The van der Waals surface area contributed by atoms with Gasteiger partial charge in [0.1, 0.15) is 0 Å². The smallest absolute Gasteiger partial charge is 0.0819 e. The predicted molar refractivity (Wildman–Crippen MR) is 87.2 cm³/mol. The average Bonchev–Trinajstić information content (AvgIpc) is 2.50. The van der Waals surface area contributed by atoms with E-state index in [1.165, 1.54) is 0 Å². The van der Waals surface area contributed by atoms with E-state index in [9.17, 15) is 5.11 Å². The summed E-state index contributed by atoms with van der Waals surface area (Å²) in [5.74, 6) is 0.729. The number of aliphatic hydroxyl groups is 1. The number of nitrogens with one attached hydrogen (secondary N) is 1. The number of fused-ring (bicyclic) bond motifs is 1. The molecule has 1 fully saturated rings. The van der Waals surface area contributed by atoms with Crippen LogP contribution in [-0.2, 0) is 0 Å².